The van der Waals surface area contributed by atoms with Crippen LogP contribution in [-0.2, 0) is 10.8 Å². The molecule has 0 saturated heterocycles. The Balaban J connectivity index is 1.15. The molecule has 0 spiro atoms. The molecule has 4 heteroatoms. The molecule has 0 amide bonds. The summed E-state index contributed by atoms with van der Waals surface area (Å²) in [5.41, 5.74) is 15.5. The van der Waals surface area contributed by atoms with Crippen molar-refractivity contribution in [1.82, 2.24) is 0 Å². The van der Waals surface area contributed by atoms with Gasteiger partial charge < -0.3 is 9.80 Å². The number of nitrogens with zero attached hydrogens (tertiary/aromatic N) is 4. The highest BCUT2D eigenvalue weighted by Crippen LogP contribution is 2.53. The van der Waals surface area contributed by atoms with Crippen LogP contribution in [0.3, 0.4) is 0 Å². The first-order valence-electron chi connectivity index (χ1n) is 18.4. The molecule has 0 saturated carbocycles. The van der Waals surface area contributed by atoms with Crippen molar-refractivity contribution in [3.8, 4) is 34.4 Å². The summed E-state index contributed by atoms with van der Waals surface area (Å²) in [6.07, 6.45) is 0. The Morgan fingerprint density at radius 2 is 0.704 bits per heavy atom. The summed E-state index contributed by atoms with van der Waals surface area (Å²) in [6, 6.07) is 59.7. The average Bonchev–Trinajstić information content (AvgIpc) is 3.21. The molecule has 0 aliphatic carbocycles. The lowest BCUT2D eigenvalue weighted by atomic mass is 9.73. The van der Waals surface area contributed by atoms with E-state index < -0.39 is 0 Å². The number of nitriles is 2. The Morgan fingerprint density at radius 3 is 1.02 bits per heavy atom. The number of para-hydroxylation sites is 4. The number of anilines is 6. The van der Waals surface area contributed by atoms with Crippen LogP contribution in [0.15, 0.2) is 158 Å². The van der Waals surface area contributed by atoms with Crippen LogP contribution in [0.1, 0.15) is 61.1 Å². The fourth-order valence-corrected chi connectivity index (χ4v) is 8.78. The van der Waals surface area contributed by atoms with E-state index in [-0.39, 0.29) is 10.8 Å². The lowest BCUT2D eigenvalue weighted by Gasteiger charge is -2.42. The van der Waals surface area contributed by atoms with Crippen LogP contribution in [0.25, 0.3) is 22.3 Å². The van der Waals surface area contributed by atoms with Gasteiger partial charge in [-0.2, -0.15) is 10.5 Å². The van der Waals surface area contributed by atoms with Crippen LogP contribution in [0.4, 0.5) is 34.1 Å². The maximum atomic E-state index is 10.6. The second-order valence-electron chi connectivity index (χ2n) is 15.3. The van der Waals surface area contributed by atoms with Gasteiger partial charge >= 0.3 is 0 Å². The fourth-order valence-electron chi connectivity index (χ4n) is 8.78. The molecular weight excluding hydrogens is 657 g/mol. The maximum Gasteiger partial charge on any atom is 0.0998 e. The monoisotopic (exact) mass is 694 g/mol. The molecular formula is C50H38N4. The normalized spacial score (nSPS) is 14.5. The van der Waals surface area contributed by atoms with Crippen molar-refractivity contribution in [2.45, 2.75) is 38.5 Å². The number of rotatable bonds is 4. The van der Waals surface area contributed by atoms with Crippen LogP contribution in [0.5, 0.6) is 0 Å². The second kappa shape index (κ2) is 12.4. The quantitative estimate of drug-likeness (QED) is 0.184. The Kier molecular flexibility index (Phi) is 7.56. The van der Waals surface area contributed by atoms with Crippen molar-refractivity contribution < 1.29 is 0 Å². The van der Waals surface area contributed by atoms with Crippen LogP contribution in [0.2, 0.25) is 0 Å². The Bertz CT molecular complexity index is 2430. The van der Waals surface area contributed by atoms with Gasteiger partial charge in [0, 0.05) is 33.3 Å². The minimum atomic E-state index is -0.165. The SMILES string of the molecule is CC1(C)c2ccccc2N(c2cccc(-c3cc(C#N)c(-c4cccc(N5c6ccccc6C(C)(C)c6ccccc65)c4)cc3C#N)c2)c2ccccc21. The molecule has 0 atom stereocenters. The van der Waals surface area contributed by atoms with E-state index in [1.54, 1.807) is 0 Å². The first kappa shape index (κ1) is 33.0. The third kappa shape index (κ3) is 4.96. The van der Waals surface area contributed by atoms with Crippen molar-refractivity contribution in [1.29, 1.82) is 10.5 Å². The summed E-state index contributed by atoms with van der Waals surface area (Å²) in [6.45, 7) is 9.12. The van der Waals surface area contributed by atoms with Gasteiger partial charge in [-0.15, -0.1) is 0 Å². The molecule has 54 heavy (non-hydrogen) atoms. The van der Waals surface area contributed by atoms with Gasteiger partial charge in [-0.1, -0.05) is 125 Å². The van der Waals surface area contributed by atoms with E-state index in [1.807, 2.05) is 36.4 Å². The van der Waals surface area contributed by atoms with Crippen LogP contribution >= 0.6 is 0 Å². The predicted octanol–water partition coefficient (Wildman–Crippen LogP) is 13.0. The van der Waals surface area contributed by atoms with E-state index in [1.165, 1.54) is 22.3 Å². The van der Waals surface area contributed by atoms with E-state index in [2.05, 4.69) is 171 Å². The maximum absolute atomic E-state index is 10.6. The Hall–Kier alpha value is -6.88. The van der Waals surface area contributed by atoms with Crippen molar-refractivity contribution >= 4 is 34.1 Å². The first-order valence-corrected chi connectivity index (χ1v) is 18.4. The van der Waals surface area contributed by atoms with Gasteiger partial charge in [0.2, 0.25) is 0 Å². The molecule has 258 valence electrons. The first-order chi connectivity index (χ1) is 26.2. The largest absolute Gasteiger partial charge is 0.310 e. The van der Waals surface area contributed by atoms with Gasteiger partial charge in [-0.05, 0) is 94.0 Å². The van der Waals surface area contributed by atoms with Gasteiger partial charge in [0.1, 0.15) is 0 Å². The summed E-state index contributed by atoms with van der Waals surface area (Å²) in [5, 5.41) is 21.3. The van der Waals surface area contributed by atoms with E-state index in [0.717, 1.165) is 56.4 Å². The van der Waals surface area contributed by atoms with E-state index in [4.69, 9.17) is 0 Å². The van der Waals surface area contributed by atoms with Crippen molar-refractivity contribution in [3.05, 3.63) is 191 Å². The zero-order valence-corrected chi connectivity index (χ0v) is 30.8. The molecule has 7 aromatic rings. The molecule has 2 heterocycles. The molecule has 0 unspecified atom stereocenters. The molecule has 0 radical (unpaired) electrons. The zero-order valence-electron chi connectivity index (χ0n) is 30.8. The van der Waals surface area contributed by atoms with Gasteiger partial charge in [-0.25, -0.2) is 0 Å². The highest BCUT2D eigenvalue weighted by atomic mass is 15.2. The highest BCUT2D eigenvalue weighted by molar-refractivity contribution is 5.90. The number of fused-ring (bicyclic) bond motifs is 4. The van der Waals surface area contributed by atoms with Gasteiger partial charge in [0.25, 0.3) is 0 Å². The van der Waals surface area contributed by atoms with Gasteiger partial charge in [0.15, 0.2) is 0 Å². The summed E-state index contributed by atoms with van der Waals surface area (Å²) in [5.74, 6) is 0. The average molecular weight is 695 g/mol. The van der Waals surface area contributed by atoms with Gasteiger partial charge in [0.05, 0.1) is 46.0 Å². The van der Waals surface area contributed by atoms with Crippen LogP contribution in [0, 0.1) is 22.7 Å². The summed E-state index contributed by atoms with van der Waals surface area (Å²) < 4.78 is 0. The molecule has 0 N–H and O–H groups in total. The van der Waals surface area contributed by atoms with E-state index in [9.17, 15) is 10.5 Å². The molecule has 4 nitrogen and oxygen atoms in total. The zero-order chi connectivity index (χ0) is 37.2. The third-order valence-corrected chi connectivity index (χ3v) is 11.5. The molecule has 0 bridgehead atoms. The van der Waals surface area contributed by atoms with Gasteiger partial charge in [-0.3, -0.25) is 0 Å². The molecule has 2 aliphatic heterocycles. The van der Waals surface area contributed by atoms with Crippen LogP contribution in [-0.4, -0.2) is 0 Å². The number of hydrogen-bond donors (Lipinski definition) is 0. The van der Waals surface area contributed by atoms with Crippen molar-refractivity contribution in [2.75, 3.05) is 9.80 Å². The van der Waals surface area contributed by atoms with E-state index >= 15 is 0 Å². The Morgan fingerprint density at radius 1 is 0.389 bits per heavy atom. The summed E-state index contributed by atoms with van der Waals surface area (Å²) in [7, 11) is 0. The fraction of sp³-hybridized carbons (Fsp3) is 0.120. The number of hydrogen-bond acceptors (Lipinski definition) is 4. The molecule has 2 aliphatic rings. The molecule has 7 aromatic carbocycles. The summed E-state index contributed by atoms with van der Waals surface area (Å²) >= 11 is 0. The Labute approximate surface area is 317 Å². The smallest absolute Gasteiger partial charge is 0.0998 e. The molecule has 0 fully saturated rings. The molecule has 0 aromatic heterocycles. The highest BCUT2D eigenvalue weighted by Gasteiger charge is 2.38. The van der Waals surface area contributed by atoms with Crippen LogP contribution < -0.4 is 9.80 Å². The van der Waals surface area contributed by atoms with E-state index in [0.29, 0.717) is 11.1 Å². The minimum absolute atomic E-state index is 0.165. The lowest BCUT2D eigenvalue weighted by Crippen LogP contribution is -2.30. The molecule has 9 rings (SSSR count). The second-order valence-corrected chi connectivity index (χ2v) is 15.3. The lowest BCUT2D eigenvalue weighted by molar-refractivity contribution is 0.632. The topological polar surface area (TPSA) is 54.1 Å². The summed E-state index contributed by atoms with van der Waals surface area (Å²) in [4.78, 5) is 4.63. The number of benzene rings is 7. The predicted molar refractivity (Wildman–Crippen MR) is 220 cm³/mol. The standard InChI is InChI=1S/C50H38N4/c1-49(2)41-19-5-9-23-45(41)53(46-24-10-6-20-42(46)49)37-17-13-15-33(27-37)39-29-36(32-52)40(30-35(39)31-51)34-16-14-18-38(28-34)54-47-25-11-7-21-43(47)50(3,4)44-22-8-12-26-48(44)54/h5-30H,1-4H3. The minimum Gasteiger partial charge on any atom is -0.310 e. The van der Waals surface area contributed by atoms with Crippen molar-refractivity contribution in [3.63, 3.8) is 0 Å². The third-order valence-electron chi connectivity index (χ3n) is 11.5. The van der Waals surface area contributed by atoms with Crippen molar-refractivity contribution in [2.24, 2.45) is 0 Å².